The van der Waals surface area contributed by atoms with E-state index in [1.807, 2.05) is 0 Å². The minimum absolute atomic E-state index is 0.148. The lowest BCUT2D eigenvalue weighted by molar-refractivity contribution is -0.138. The molecule has 0 aromatic heterocycles. The van der Waals surface area contributed by atoms with Gasteiger partial charge in [0, 0.05) is 4.90 Å². The van der Waals surface area contributed by atoms with Gasteiger partial charge in [-0.2, -0.15) is 18.4 Å². The predicted molar refractivity (Wildman–Crippen MR) is 94.3 cm³/mol. The Morgan fingerprint density at radius 3 is 2.70 bits per heavy atom. The van der Waals surface area contributed by atoms with Crippen LogP contribution in [-0.4, -0.2) is 24.1 Å². The standard InChI is InChI=1S/C18H12F3N3O2S/c19-18(20,21)13-7-12(6-5-11(13)8-22)27-10-17(26)24-9-16(25)23-14-3-1-2-4-15(14)24/h1-7H,9-10H2,(H,23,25). The smallest absolute Gasteiger partial charge is 0.323 e. The van der Waals surface area contributed by atoms with Crippen LogP contribution in [0.4, 0.5) is 24.5 Å². The first-order valence-electron chi connectivity index (χ1n) is 7.73. The first-order chi connectivity index (χ1) is 12.8. The first kappa shape index (κ1) is 18.8. The van der Waals surface area contributed by atoms with Crippen LogP contribution in [0.1, 0.15) is 11.1 Å². The van der Waals surface area contributed by atoms with Gasteiger partial charge in [0.15, 0.2) is 0 Å². The van der Waals surface area contributed by atoms with Crippen molar-refractivity contribution in [2.24, 2.45) is 0 Å². The average molecular weight is 391 g/mol. The first-order valence-corrected chi connectivity index (χ1v) is 8.71. The van der Waals surface area contributed by atoms with Crippen molar-refractivity contribution in [2.45, 2.75) is 11.1 Å². The molecule has 1 aliphatic rings. The molecule has 0 saturated heterocycles. The molecule has 2 aromatic rings. The largest absolute Gasteiger partial charge is 0.417 e. The summed E-state index contributed by atoms with van der Waals surface area (Å²) in [5.74, 6) is -0.893. The summed E-state index contributed by atoms with van der Waals surface area (Å²) in [5.41, 5.74) is -0.465. The lowest BCUT2D eigenvalue weighted by atomic mass is 10.1. The van der Waals surface area contributed by atoms with E-state index in [-0.39, 0.29) is 23.1 Å². The minimum Gasteiger partial charge on any atom is -0.323 e. The zero-order valence-electron chi connectivity index (χ0n) is 13.7. The second-order valence-corrected chi connectivity index (χ2v) is 6.70. The SMILES string of the molecule is N#Cc1ccc(SCC(=O)N2CC(=O)Nc3ccccc32)cc1C(F)(F)F. The van der Waals surface area contributed by atoms with E-state index in [1.165, 1.54) is 17.0 Å². The van der Waals surface area contributed by atoms with Crippen LogP contribution >= 0.6 is 11.8 Å². The molecule has 0 bridgehead atoms. The van der Waals surface area contributed by atoms with Crippen LogP contribution in [0.25, 0.3) is 0 Å². The van der Waals surface area contributed by atoms with Gasteiger partial charge in [-0.1, -0.05) is 12.1 Å². The number of nitrogens with zero attached hydrogens (tertiary/aromatic N) is 2. The van der Waals surface area contributed by atoms with Gasteiger partial charge in [-0.15, -0.1) is 11.8 Å². The highest BCUT2D eigenvalue weighted by molar-refractivity contribution is 8.00. The molecule has 0 fully saturated rings. The zero-order chi connectivity index (χ0) is 19.6. The second-order valence-electron chi connectivity index (χ2n) is 5.65. The summed E-state index contributed by atoms with van der Waals surface area (Å²) in [6.45, 7) is -0.155. The Bertz CT molecular complexity index is 954. The molecule has 27 heavy (non-hydrogen) atoms. The third kappa shape index (κ3) is 4.06. The van der Waals surface area contributed by atoms with E-state index in [0.717, 1.165) is 23.9 Å². The van der Waals surface area contributed by atoms with E-state index in [4.69, 9.17) is 5.26 Å². The van der Waals surface area contributed by atoms with Crippen molar-refractivity contribution >= 4 is 35.0 Å². The molecule has 9 heteroatoms. The van der Waals surface area contributed by atoms with Crippen LogP contribution in [-0.2, 0) is 15.8 Å². The summed E-state index contributed by atoms with van der Waals surface area (Å²) in [7, 11) is 0. The van der Waals surface area contributed by atoms with Gasteiger partial charge in [-0.3, -0.25) is 9.59 Å². The number of nitrogens with one attached hydrogen (secondary N) is 1. The number of halogens is 3. The van der Waals surface area contributed by atoms with E-state index >= 15 is 0 Å². The fourth-order valence-corrected chi connectivity index (χ4v) is 3.44. The maximum Gasteiger partial charge on any atom is 0.417 e. The highest BCUT2D eigenvalue weighted by Gasteiger charge is 2.34. The number of benzene rings is 2. The number of anilines is 2. The van der Waals surface area contributed by atoms with Crippen molar-refractivity contribution in [1.82, 2.24) is 0 Å². The van der Waals surface area contributed by atoms with Gasteiger partial charge in [-0.05, 0) is 30.3 Å². The lowest BCUT2D eigenvalue weighted by Gasteiger charge is -2.29. The van der Waals surface area contributed by atoms with Gasteiger partial charge >= 0.3 is 6.18 Å². The van der Waals surface area contributed by atoms with E-state index < -0.39 is 23.2 Å². The molecule has 0 spiro atoms. The number of carbonyl (C=O) groups excluding carboxylic acids is 2. The maximum absolute atomic E-state index is 13.0. The van der Waals surface area contributed by atoms with Crippen LogP contribution in [0.5, 0.6) is 0 Å². The molecule has 1 heterocycles. The molecule has 2 aromatic carbocycles. The monoisotopic (exact) mass is 391 g/mol. The van der Waals surface area contributed by atoms with Crippen LogP contribution in [0.15, 0.2) is 47.4 Å². The predicted octanol–water partition coefficient (Wildman–Crippen LogP) is 3.65. The molecular formula is C18H12F3N3O2S. The third-order valence-corrected chi connectivity index (χ3v) is 4.83. The van der Waals surface area contributed by atoms with Crippen molar-refractivity contribution in [3.05, 3.63) is 53.6 Å². The number of hydrogen-bond acceptors (Lipinski definition) is 4. The zero-order valence-corrected chi connectivity index (χ0v) is 14.5. The summed E-state index contributed by atoms with van der Waals surface area (Å²) >= 11 is 0.915. The molecule has 0 saturated carbocycles. The number of hydrogen-bond donors (Lipinski definition) is 1. The number of nitriles is 1. The molecule has 3 rings (SSSR count). The van der Waals surface area contributed by atoms with Gasteiger partial charge < -0.3 is 10.2 Å². The Morgan fingerprint density at radius 1 is 1.26 bits per heavy atom. The third-order valence-electron chi connectivity index (χ3n) is 3.85. The normalized spacial score (nSPS) is 13.6. The molecule has 0 unspecified atom stereocenters. The molecule has 1 aliphatic heterocycles. The topological polar surface area (TPSA) is 73.2 Å². The molecule has 1 N–H and O–H groups in total. The number of carbonyl (C=O) groups is 2. The minimum atomic E-state index is -4.66. The Balaban J connectivity index is 1.77. The quantitative estimate of drug-likeness (QED) is 0.811. The van der Waals surface area contributed by atoms with E-state index in [1.54, 1.807) is 24.3 Å². The molecule has 2 amide bonds. The number of fused-ring (bicyclic) bond motifs is 1. The Morgan fingerprint density at radius 2 is 2.00 bits per heavy atom. The summed E-state index contributed by atoms with van der Waals surface area (Å²) in [6.07, 6.45) is -4.66. The van der Waals surface area contributed by atoms with E-state index in [9.17, 15) is 22.8 Å². The average Bonchev–Trinajstić information content (AvgIpc) is 2.64. The second kappa shape index (κ2) is 7.32. The Kier molecular flexibility index (Phi) is 5.10. The molecule has 0 aliphatic carbocycles. The number of rotatable bonds is 3. The number of amides is 2. The van der Waals surface area contributed by atoms with Gasteiger partial charge in [0.25, 0.3) is 0 Å². The van der Waals surface area contributed by atoms with Gasteiger partial charge in [0.05, 0.1) is 34.3 Å². The summed E-state index contributed by atoms with van der Waals surface area (Å²) in [4.78, 5) is 25.8. The van der Waals surface area contributed by atoms with Crippen molar-refractivity contribution in [2.75, 3.05) is 22.5 Å². The number of thioether (sulfide) groups is 1. The highest BCUT2D eigenvalue weighted by atomic mass is 32.2. The van der Waals surface area contributed by atoms with Crippen molar-refractivity contribution in [3.63, 3.8) is 0 Å². The number of para-hydroxylation sites is 2. The van der Waals surface area contributed by atoms with Gasteiger partial charge in [-0.25, -0.2) is 0 Å². The van der Waals surface area contributed by atoms with Crippen LogP contribution in [0, 0.1) is 11.3 Å². The Hall–Kier alpha value is -2.99. The van der Waals surface area contributed by atoms with Crippen LogP contribution in [0.3, 0.4) is 0 Å². The molecular weight excluding hydrogens is 379 g/mol. The molecule has 138 valence electrons. The van der Waals surface area contributed by atoms with Crippen molar-refractivity contribution < 1.29 is 22.8 Å². The van der Waals surface area contributed by atoms with Gasteiger partial charge in [0.1, 0.15) is 6.54 Å². The molecule has 0 radical (unpaired) electrons. The van der Waals surface area contributed by atoms with E-state index in [2.05, 4.69) is 5.32 Å². The van der Waals surface area contributed by atoms with Crippen molar-refractivity contribution in [3.8, 4) is 6.07 Å². The summed E-state index contributed by atoms with van der Waals surface area (Å²) in [6, 6.07) is 11.6. The van der Waals surface area contributed by atoms with E-state index in [0.29, 0.717) is 11.4 Å². The summed E-state index contributed by atoms with van der Waals surface area (Å²) < 4.78 is 39.1. The lowest BCUT2D eigenvalue weighted by Crippen LogP contribution is -2.43. The van der Waals surface area contributed by atoms with Crippen LogP contribution < -0.4 is 10.2 Å². The van der Waals surface area contributed by atoms with Crippen LogP contribution in [0.2, 0.25) is 0 Å². The molecule has 5 nitrogen and oxygen atoms in total. The Labute approximate surface area is 156 Å². The molecule has 0 atom stereocenters. The maximum atomic E-state index is 13.0. The highest BCUT2D eigenvalue weighted by Crippen LogP contribution is 2.35. The summed E-state index contributed by atoms with van der Waals surface area (Å²) in [5, 5.41) is 11.5. The van der Waals surface area contributed by atoms with Crippen molar-refractivity contribution in [1.29, 1.82) is 5.26 Å². The number of alkyl halides is 3. The van der Waals surface area contributed by atoms with Gasteiger partial charge in [0.2, 0.25) is 11.8 Å². The fraction of sp³-hybridized carbons (Fsp3) is 0.167. The fourth-order valence-electron chi connectivity index (χ4n) is 2.62.